The molecule has 0 saturated heterocycles. The molecule has 3 aromatic rings. The molecule has 0 aliphatic rings. The van der Waals surface area contributed by atoms with E-state index in [4.69, 9.17) is 0 Å². The van der Waals surface area contributed by atoms with Gasteiger partial charge in [-0.3, -0.25) is 9.52 Å². The topological polar surface area (TPSA) is 75.3 Å². The average molecular weight is 384 g/mol. The van der Waals surface area contributed by atoms with Crippen molar-refractivity contribution < 1.29 is 13.2 Å². The number of benzene rings is 2. The lowest BCUT2D eigenvalue weighted by Gasteiger charge is -2.09. The predicted molar refractivity (Wildman–Crippen MR) is 106 cm³/mol. The average Bonchev–Trinajstić information content (AvgIpc) is 3.14. The fourth-order valence-corrected chi connectivity index (χ4v) is 3.84. The lowest BCUT2D eigenvalue weighted by molar-refractivity contribution is -0.111. The van der Waals surface area contributed by atoms with Gasteiger partial charge in [-0.2, -0.15) is 0 Å². The molecule has 0 bridgehead atoms. The van der Waals surface area contributed by atoms with Crippen molar-refractivity contribution >= 4 is 44.7 Å². The first-order chi connectivity index (χ1) is 12.5. The molecule has 7 heteroatoms. The summed E-state index contributed by atoms with van der Waals surface area (Å²) in [5.41, 5.74) is 1.01. The molecular weight excluding hydrogens is 368 g/mol. The Kier molecular flexibility index (Phi) is 5.50. The molecule has 3 rings (SSSR count). The van der Waals surface area contributed by atoms with E-state index in [2.05, 4.69) is 10.0 Å². The van der Waals surface area contributed by atoms with Crippen LogP contribution in [0.4, 0.5) is 11.4 Å². The Balaban J connectivity index is 1.65. The van der Waals surface area contributed by atoms with Gasteiger partial charge in [-0.15, -0.1) is 11.3 Å². The van der Waals surface area contributed by atoms with E-state index in [1.54, 1.807) is 42.5 Å². The van der Waals surface area contributed by atoms with E-state index in [9.17, 15) is 13.2 Å². The Bertz CT molecular complexity index is 995. The molecule has 5 nitrogen and oxygen atoms in total. The van der Waals surface area contributed by atoms with Gasteiger partial charge in [0.2, 0.25) is 5.91 Å². The van der Waals surface area contributed by atoms with Crippen LogP contribution in [0.15, 0.2) is 83.1 Å². The highest BCUT2D eigenvalue weighted by atomic mass is 32.2. The number of hydrogen-bond donors (Lipinski definition) is 2. The zero-order chi connectivity index (χ0) is 18.4. The molecule has 0 unspecified atom stereocenters. The number of thiophene rings is 1. The maximum atomic E-state index is 12.4. The van der Waals surface area contributed by atoms with Crippen LogP contribution in [-0.2, 0) is 14.8 Å². The van der Waals surface area contributed by atoms with E-state index in [1.807, 2.05) is 23.6 Å². The molecular formula is C19H16N2O3S2. The van der Waals surface area contributed by atoms with E-state index in [0.717, 1.165) is 4.88 Å². The van der Waals surface area contributed by atoms with Crippen LogP contribution in [0.5, 0.6) is 0 Å². The summed E-state index contributed by atoms with van der Waals surface area (Å²) in [5, 5.41) is 4.63. The maximum absolute atomic E-state index is 12.4. The standard InChI is InChI=1S/C19H16N2O3S2/c22-19(13-10-17-7-4-14-25-17)20-15-8-11-18(12-9-15)26(23,24)21-16-5-2-1-3-6-16/h1-14,21H,(H,20,22)/b13-10+. The molecule has 26 heavy (non-hydrogen) atoms. The highest BCUT2D eigenvalue weighted by Crippen LogP contribution is 2.18. The summed E-state index contributed by atoms with van der Waals surface area (Å²) >= 11 is 1.54. The number of sulfonamides is 1. The third-order valence-electron chi connectivity index (χ3n) is 3.40. The minimum atomic E-state index is -3.67. The van der Waals surface area contributed by atoms with Crippen molar-refractivity contribution in [3.8, 4) is 0 Å². The van der Waals surface area contributed by atoms with Gasteiger partial charge in [-0.1, -0.05) is 24.3 Å². The van der Waals surface area contributed by atoms with Crippen molar-refractivity contribution in [2.75, 3.05) is 10.0 Å². The second kappa shape index (κ2) is 7.99. The maximum Gasteiger partial charge on any atom is 0.261 e. The van der Waals surface area contributed by atoms with Crippen LogP contribution in [0.1, 0.15) is 4.88 Å². The Morgan fingerprint density at radius 3 is 2.27 bits per heavy atom. The quantitative estimate of drug-likeness (QED) is 0.626. The van der Waals surface area contributed by atoms with Gasteiger partial charge in [0.15, 0.2) is 0 Å². The summed E-state index contributed by atoms with van der Waals surface area (Å²) in [7, 11) is -3.67. The molecule has 0 aliphatic carbocycles. The summed E-state index contributed by atoms with van der Waals surface area (Å²) in [6.07, 6.45) is 3.16. The van der Waals surface area contributed by atoms with Gasteiger partial charge in [-0.25, -0.2) is 8.42 Å². The molecule has 1 aromatic heterocycles. The Hall–Kier alpha value is -2.90. The van der Waals surface area contributed by atoms with E-state index < -0.39 is 10.0 Å². The second-order valence-electron chi connectivity index (χ2n) is 5.33. The van der Waals surface area contributed by atoms with Crippen LogP contribution in [0.3, 0.4) is 0 Å². The smallest absolute Gasteiger partial charge is 0.261 e. The van der Waals surface area contributed by atoms with Gasteiger partial charge in [0.25, 0.3) is 10.0 Å². The van der Waals surface area contributed by atoms with Crippen LogP contribution in [0.25, 0.3) is 6.08 Å². The summed E-state index contributed by atoms with van der Waals surface area (Å²) < 4.78 is 27.2. The molecule has 2 aromatic carbocycles. The highest BCUT2D eigenvalue weighted by Gasteiger charge is 2.13. The summed E-state index contributed by atoms with van der Waals surface area (Å²) in [6, 6.07) is 18.5. The molecule has 132 valence electrons. The zero-order valence-corrected chi connectivity index (χ0v) is 15.3. The van der Waals surface area contributed by atoms with Crippen molar-refractivity contribution in [1.82, 2.24) is 0 Å². The fourth-order valence-electron chi connectivity index (χ4n) is 2.17. The van der Waals surface area contributed by atoms with Gasteiger partial charge >= 0.3 is 0 Å². The zero-order valence-electron chi connectivity index (χ0n) is 13.6. The molecule has 1 amide bonds. The molecule has 2 N–H and O–H groups in total. The van der Waals surface area contributed by atoms with Crippen LogP contribution < -0.4 is 10.0 Å². The lowest BCUT2D eigenvalue weighted by Crippen LogP contribution is -2.13. The lowest BCUT2D eigenvalue weighted by atomic mass is 10.3. The van der Waals surface area contributed by atoms with Crippen molar-refractivity contribution in [2.24, 2.45) is 0 Å². The van der Waals surface area contributed by atoms with Crippen molar-refractivity contribution in [1.29, 1.82) is 0 Å². The van der Waals surface area contributed by atoms with Crippen molar-refractivity contribution in [2.45, 2.75) is 4.90 Å². The predicted octanol–water partition coefficient (Wildman–Crippen LogP) is 4.20. The minimum absolute atomic E-state index is 0.119. The second-order valence-corrected chi connectivity index (χ2v) is 8.00. The highest BCUT2D eigenvalue weighted by molar-refractivity contribution is 7.92. The van der Waals surface area contributed by atoms with Gasteiger partial charge < -0.3 is 5.32 Å². The molecule has 1 heterocycles. The number of carbonyl (C=O) groups excluding carboxylic acids is 1. The SMILES string of the molecule is O=C(/C=C/c1cccs1)Nc1ccc(S(=O)(=O)Nc2ccccc2)cc1. The minimum Gasteiger partial charge on any atom is -0.323 e. The van der Waals surface area contributed by atoms with E-state index in [-0.39, 0.29) is 10.8 Å². The normalized spacial score (nSPS) is 11.4. The Labute approximate surface area is 156 Å². The Morgan fingerprint density at radius 1 is 0.885 bits per heavy atom. The Morgan fingerprint density at radius 2 is 1.62 bits per heavy atom. The number of carbonyl (C=O) groups is 1. The van der Waals surface area contributed by atoms with Gasteiger partial charge in [-0.05, 0) is 53.9 Å². The molecule has 0 saturated carbocycles. The van der Waals surface area contributed by atoms with E-state index in [1.165, 1.54) is 29.5 Å². The first-order valence-electron chi connectivity index (χ1n) is 7.73. The largest absolute Gasteiger partial charge is 0.323 e. The van der Waals surface area contributed by atoms with Crippen LogP contribution in [-0.4, -0.2) is 14.3 Å². The number of anilines is 2. The molecule has 0 atom stereocenters. The summed E-state index contributed by atoms with van der Waals surface area (Å²) in [5.74, 6) is -0.281. The number of rotatable bonds is 6. The van der Waals surface area contributed by atoms with Crippen molar-refractivity contribution in [3.05, 3.63) is 83.1 Å². The number of amides is 1. The summed E-state index contributed by atoms with van der Waals surface area (Å²) in [6.45, 7) is 0. The van der Waals surface area contributed by atoms with Crippen LogP contribution >= 0.6 is 11.3 Å². The van der Waals surface area contributed by atoms with Crippen LogP contribution in [0, 0.1) is 0 Å². The first kappa shape index (κ1) is 17.9. The third-order valence-corrected chi connectivity index (χ3v) is 5.64. The van der Waals surface area contributed by atoms with Gasteiger partial charge in [0.05, 0.1) is 4.90 Å². The van der Waals surface area contributed by atoms with E-state index >= 15 is 0 Å². The monoisotopic (exact) mass is 384 g/mol. The third kappa shape index (κ3) is 4.81. The van der Waals surface area contributed by atoms with E-state index in [0.29, 0.717) is 11.4 Å². The van der Waals surface area contributed by atoms with Crippen LogP contribution in [0.2, 0.25) is 0 Å². The first-order valence-corrected chi connectivity index (χ1v) is 10.1. The van der Waals surface area contributed by atoms with Gasteiger partial charge in [0, 0.05) is 22.3 Å². The molecule has 0 radical (unpaired) electrons. The van der Waals surface area contributed by atoms with Gasteiger partial charge in [0.1, 0.15) is 0 Å². The van der Waals surface area contributed by atoms with Crippen molar-refractivity contribution in [3.63, 3.8) is 0 Å². The molecule has 0 aliphatic heterocycles. The molecule has 0 spiro atoms. The number of nitrogens with one attached hydrogen (secondary N) is 2. The number of hydrogen-bond acceptors (Lipinski definition) is 4. The number of para-hydroxylation sites is 1. The fraction of sp³-hybridized carbons (Fsp3) is 0. The molecule has 0 fully saturated rings. The summed E-state index contributed by atoms with van der Waals surface area (Å²) in [4.78, 5) is 13.0.